The number of nitrogens with one attached hydrogen (secondary N) is 1. The minimum atomic E-state index is -1.17. The molecule has 1 rings (SSSR count). The summed E-state index contributed by atoms with van der Waals surface area (Å²) in [5.74, 6) is -0.731. The number of carbonyl (C=O) groups is 1. The standard InChI is InChI=1S/C11H15ClN2O2/c1-7(14-6-10(15)11(13)16)8-3-2-4-9(12)5-8/h2-5,7,10,14-15H,6H2,1H3,(H2,13,16). The Labute approximate surface area is 99.4 Å². The summed E-state index contributed by atoms with van der Waals surface area (Å²) in [6.45, 7) is 2.04. The third-order valence-corrected chi connectivity index (χ3v) is 2.53. The van der Waals surface area contributed by atoms with Crippen molar-refractivity contribution >= 4 is 17.5 Å². The van der Waals surface area contributed by atoms with E-state index < -0.39 is 12.0 Å². The Balaban J connectivity index is 2.52. The van der Waals surface area contributed by atoms with Gasteiger partial charge >= 0.3 is 0 Å². The van der Waals surface area contributed by atoms with Crippen LogP contribution < -0.4 is 11.1 Å². The number of hydrogen-bond donors (Lipinski definition) is 3. The van der Waals surface area contributed by atoms with Gasteiger partial charge in [0.15, 0.2) is 0 Å². The zero-order chi connectivity index (χ0) is 12.1. The van der Waals surface area contributed by atoms with Crippen LogP contribution in [0.5, 0.6) is 0 Å². The van der Waals surface area contributed by atoms with Gasteiger partial charge in [-0.3, -0.25) is 4.79 Å². The van der Waals surface area contributed by atoms with Crippen LogP contribution in [-0.4, -0.2) is 23.7 Å². The molecular weight excluding hydrogens is 228 g/mol. The van der Waals surface area contributed by atoms with Crippen molar-refractivity contribution in [2.45, 2.75) is 19.1 Å². The number of carbonyl (C=O) groups excluding carboxylic acids is 1. The molecule has 1 aromatic carbocycles. The second-order valence-electron chi connectivity index (χ2n) is 3.60. The lowest BCUT2D eigenvalue weighted by Crippen LogP contribution is -2.38. The number of benzene rings is 1. The molecule has 0 bridgehead atoms. The zero-order valence-electron chi connectivity index (χ0n) is 8.98. The van der Waals surface area contributed by atoms with Crippen molar-refractivity contribution in [3.63, 3.8) is 0 Å². The first-order chi connectivity index (χ1) is 7.50. The molecule has 2 unspecified atom stereocenters. The molecule has 0 aliphatic rings. The van der Waals surface area contributed by atoms with Crippen molar-refractivity contribution in [1.29, 1.82) is 0 Å². The predicted octanol–water partition coefficient (Wildman–Crippen LogP) is 0.837. The summed E-state index contributed by atoms with van der Waals surface area (Å²) in [6.07, 6.45) is -1.17. The molecule has 16 heavy (non-hydrogen) atoms. The second kappa shape index (κ2) is 5.84. The zero-order valence-corrected chi connectivity index (χ0v) is 9.74. The molecule has 1 aromatic rings. The fourth-order valence-electron chi connectivity index (χ4n) is 1.28. The molecule has 0 radical (unpaired) electrons. The average molecular weight is 243 g/mol. The number of aliphatic hydroxyl groups is 1. The minimum Gasteiger partial charge on any atom is -0.382 e. The third kappa shape index (κ3) is 3.81. The quantitative estimate of drug-likeness (QED) is 0.716. The van der Waals surface area contributed by atoms with Gasteiger partial charge in [-0.25, -0.2) is 0 Å². The van der Waals surface area contributed by atoms with Crippen LogP contribution in [0.15, 0.2) is 24.3 Å². The van der Waals surface area contributed by atoms with Gasteiger partial charge in [-0.15, -0.1) is 0 Å². The van der Waals surface area contributed by atoms with E-state index in [9.17, 15) is 9.90 Å². The van der Waals surface area contributed by atoms with Crippen LogP contribution in [-0.2, 0) is 4.79 Å². The Morgan fingerprint density at radius 2 is 2.31 bits per heavy atom. The van der Waals surface area contributed by atoms with Gasteiger partial charge in [-0.05, 0) is 24.6 Å². The van der Waals surface area contributed by atoms with Crippen molar-refractivity contribution in [3.8, 4) is 0 Å². The molecule has 1 amide bonds. The highest BCUT2D eigenvalue weighted by molar-refractivity contribution is 6.30. The Morgan fingerprint density at radius 3 is 2.88 bits per heavy atom. The summed E-state index contributed by atoms with van der Waals surface area (Å²) in [5.41, 5.74) is 5.92. The Kier molecular flexibility index (Phi) is 4.73. The molecule has 0 spiro atoms. The largest absolute Gasteiger partial charge is 0.382 e. The molecule has 88 valence electrons. The molecule has 0 fully saturated rings. The summed E-state index contributed by atoms with van der Waals surface area (Å²) in [5, 5.41) is 12.9. The van der Waals surface area contributed by atoms with E-state index in [1.165, 1.54) is 0 Å². The third-order valence-electron chi connectivity index (χ3n) is 2.29. The first-order valence-electron chi connectivity index (χ1n) is 4.97. The average Bonchev–Trinajstić information content (AvgIpc) is 2.25. The normalized spacial score (nSPS) is 14.4. The molecule has 4 nitrogen and oxygen atoms in total. The van der Waals surface area contributed by atoms with E-state index in [1.54, 1.807) is 6.07 Å². The number of aliphatic hydroxyl groups excluding tert-OH is 1. The number of nitrogens with two attached hydrogens (primary N) is 1. The molecule has 0 aromatic heterocycles. The lowest BCUT2D eigenvalue weighted by Gasteiger charge is -2.16. The van der Waals surface area contributed by atoms with Gasteiger partial charge < -0.3 is 16.2 Å². The Morgan fingerprint density at radius 1 is 1.62 bits per heavy atom. The molecule has 0 saturated carbocycles. The van der Waals surface area contributed by atoms with E-state index in [0.717, 1.165) is 5.56 Å². The van der Waals surface area contributed by atoms with Crippen molar-refractivity contribution in [2.75, 3.05) is 6.54 Å². The first kappa shape index (κ1) is 13.0. The SMILES string of the molecule is CC(NCC(O)C(N)=O)c1cccc(Cl)c1. The molecule has 0 heterocycles. The summed E-state index contributed by atoms with van der Waals surface area (Å²) in [4.78, 5) is 10.6. The lowest BCUT2D eigenvalue weighted by molar-refractivity contribution is -0.125. The van der Waals surface area contributed by atoms with E-state index in [0.29, 0.717) is 5.02 Å². The Bertz CT molecular complexity index is 371. The van der Waals surface area contributed by atoms with Crippen molar-refractivity contribution in [1.82, 2.24) is 5.32 Å². The van der Waals surface area contributed by atoms with E-state index in [4.69, 9.17) is 17.3 Å². The van der Waals surface area contributed by atoms with Gasteiger partial charge in [0.05, 0.1) is 0 Å². The van der Waals surface area contributed by atoms with Gasteiger partial charge in [0.2, 0.25) is 5.91 Å². The van der Waals surface area contributed by atoms with Crippen LogP contribution in [0.4, 0.5) is 0 Å². The number of amides is 1. The topological polar surface area (TPSA) is 75.3 Å². The van der Waals surface area contributed by atoms with Crippen molar-refractivity contribution < 1.29 is 9.90 Å². The highest BCUT2D eigenvalue weighted by atomic mass is 35.5. The molecule has 5 heteroatoms. The molecular formula is C11H15ClN2O2. The summed E-state index contributed by atoms with van der Waals surface area (Å²) in [6, 6.07) is 7.37. The van der Waals surface area contributed by atoms with E-state index in [1.807, 2.05) is 25.1 Å². The van der Waals surface area contributed by atoms with E-state index in [2.05, 4.69) is 5.32 Å². The molecule has 4 N–H and O–H groups in total. The lowest BCUT2D eigenvalue weighted by atomic mass is 10.1. The van der Waals surface area contributed by atoms with Gasteiger partial charge in [-0.2, -0.15) is 0 Å². The highest BCUT2D eigenvalue weighted by Gasteiger charge is 2.12. The smallest absolute Gasteiger partial charge is 0.247 e. The van der Waals surface area contributed by atoms with Crippen LogP contribution >= 0.6 is 11.6 Å². The van der Waals surface area contributed by atoms with E-state index >= 15 is 0 Å². The van der Waals surface area contributed by atoms with Crippen molar-refractivity contribution in [3.05, 3.63) is 34.9 Å². The van der Waals surface area contributed by atoms with Gasteiger partial charge in [0, 0.05) is 17.6 Å². The summed E-state index contributed by atoms with van der Waals surface area (Å²) < 4.78 is 0. The molecule has 0 aliphatic heterocycles. The van der Waals surface area contributed by atoms with Crippen molar-refractivity contribution in [2.24, 2.45) is 5.73 Å². The maximum atomic E-state index is 10.6. The first-order valence-corrected chi connectivity index (χ1v) is 5.34. The maximum Gasteiger partial charge on any atom is 0.247 e. The van der Waals surface area contributed by atoms with Crippen LogP contribution in [0, 0.1) is 0 Å². The van der Waals surface area contributed by atoms with E-state index in [-0.39, 0.29) is 12.6 Å². The fraction of sp³-hybridized carbons (Fsp3) is 0.364. The Hall–Kier alpha value is -1.10. The molecule has 0 saturated heterocycles. The number of halogens is 1. The number of hydrogen-bond acceptors (Lipinski definition) is 3. The second-order valence-corrected chi connectivity index (χ2v) is 4.04. The van der Waals surface area contributed by atoms with Crippen LogP contribution in [0.25, 0.3) is 0 Å². The molecule has 0 aliphatic carbocycles. The van der Waals surface area contributed by atoms with Crippen LogP contribution in [0.3, 0.4) is 0 Å². The van der Waals surface area contributed by atoms with Crippen LogP contribution in [0.2, 0.25) is 5.02 Å². The fourth-order valence-corrected chi connectivity index (χ4v) is 1.48. The van der Waals surface area contributed by atoms with Gasteiger partial charge in [0.25, 0.3) is 0 Å². The van der Waals surface area contributed by atoms with Gasteiger partial charge in [-0.1, -0.05) is 23.7 Å². The minimum absolute atomic E-state index is 0.00676. The van der Waals surface area contributed by atoms with Gasteiger partial charge in [0.1, 0.15) is 6.10 Å². The summed E-state index contributed by atoms with van der Waals surface area (Å²) in [7, 11) is 0. The molecule has 2 atom stereocenters. The monoisotopic (exact) mass is 242 g/mol. The summed E-state index contributed by atoms with van der Waals surface area (Å²) >= 11 is 5.85. The highest BCUT2D eigenvalue weighted by Crippen LogP contribution is 2.16. The van der Waals surface area contributed by atoms with Crippen LogP contribution in [0.1, 0.15) is 18.5 Å². The maximum absolute atomic E-state index is 10.6. The number of rotatable bonds is 5. The number of primary amides is 1. The predicted molar refractivity (Wildman–Crippen MR) is 63.1 cm³/mol.